The highest BCUT2D eigenvalue weighted by atomic mass is 19.1. The summed E-state index contributed by atoms with van der Waals surface area (Å²) in [6.07, 6.45) is 3.04. The van der Waals surface area contributed by atoms with E-state index in [1.165, 1.54) is 6.07 Å². The highest BCUT2D eigenvalue weighted by Gasteiger charge is 2.52. The number of carboxylic acids is 1. The van der Waals surface area contributed by atoms with Gasteiger partial charge in [0, 0.05) is 11.1 Å². The summed E-state index contributed by atoms with van der Waals surface area (Å²) < 4.78 is 14.9. The van der Waals surface area contributed by atoms with Crippen molar-refractivity contribution in [3.63, 3.8) is 0 Å². The summed E-state index contributed by atoms with van der Waals surface area (Å²) in [6.45, 7) is 5.88. The van der Waals surface area contributed by atoms with Crippen molar-refractivity contribution in [2.45, 2.75) is 70.1 Å². The van der Waals surface area contributed by atoms with Crippen molar-refractivity contribution in [1.29, 1.82) is 0 Å². The van der Waals surface area contributed by atoms with E-state index in [4.69, 9.17) is 15.8 Å². The molecule has 5 nitrogen and oxygen atoms in total. The number of nitrogens with two attached hydrogens (primary N) is 1. The Labute approximate surface area is 159 Å². The fraction of sp³-hybridized carbons (Fsp3) is 0.650. The molecule has 0 amide bonds. The Balaban J connectivity index is 1.95. The molecule has 1 saturated carbocycles. The molecule has 5 N–H and O–H groups in total. The third-order valence-corrected chi connectivity index (χ3v) is 6.62. The van der Waals surface area contributed by atoms with Crippen LogP contribution in [0.2, 0.25) is 6.32 Å². The lowest BCUT2D eigenvalue weighted by Gasteiger charge is -2.51. The van der Waals surface area contributed by atoms with Gasteiger partial charge in [-0.25, -0.2) is 4.39 Å². The Morgan fingerprint density at radius 3 is 2.41 bits per heavy atom. The Bertz CT molecular complexity index is 759. The summed E-state index contributed by atoms with van der Waals surface area (Å²) in [4.78, 5) is 12.2. The maximum Gasteiger partial charge on any atom is 0.451 e. The highest BCUT2D eigenvalue weighted by Crippen LogP contribution is 2.54. The minimum atomic E-state index is -1.40. The number of hydrogen-bond donors (Lipinski definition) is 4. The fourth-order valence-corrected chi connectivity index (χ4v) is 5.41. The van der Waals surface area contributed by atoms with Crippen LogP contribution < -0.4 is 5.73 Å². The minimum absolute atomic E-state index is 0.0595. The van der Waals surface area contributed by atoms with E-state index in [9.17, 15) is 14.3 Å². The first-order chi connectivity index (χ1) is 12.4. The number of carbonyl (C=O) groups is 1. The first-order valence-electron chi connectivity index (χ1n) is 9.61. The molecule has 1 fully saturated rings. The molecule has 1 aromatic rings. The van der Waals surface area contributed by atoms with Gasteiger partial charge in [0.2, 0.25) is 0 Å². The Morgan fingerprint density at radius 2 is 1.89 bits per heavy atom. The van der Waals surface area contributed by atoms with Crippen molar-refractivity contribution in [2.24, 2.45) is 17.1 Å². The van der Waals surface area contributed by atoms with Gasteiger partial charge in [-0.3, -0.25) is 4.79 Å². The summed E-state index contributed by atoms with van der Waals surface area (Å²) in [7, 11) is -1.40. The third-order valence-electron chi connectivity index (χ3n) is 6.62. The van der Waals surface area contributed by atoms with Gasteiger partial charge < -0.3 is 20.9 Å². The van der Waals surface area contributed by atoms with Gasteiger partial charge in [0.25, 0.3) is 0 Å². The van der Waals surface area contributed by atoms with E-state index < -0.39 is 24.0 Å². The SMILES string of the molecule is CC1(C)CC(N)(c2cc3c(cc2F)C[C@H](CCCB(O)O)[C@]3(C)C(=O)O)C1. The average molecular weight is 377 g/mol. The van der Waals surface area contributed by atoms with Crippen LogP contribution in [0.15, 0.2) is 12.1 Å². The standard InChI is InChI=1S/C20H29BFNO4/c1-18(2)10-20(23,11-18)15-9-14-12(8-16(15)22)7-13(5-4-6-21(26)27)19(14,3)17(24)25/h8-9,13,26-27H,4-7,10-11,23H2,1-3H3,(H,24,25)/t13-,19-/m0/s1. The molecule has 7 heteroatoms. The van der Waals surface area contributed by atoms with Gasteiger partial charge in [0.05, 0.1) is 5.41 Å². The van der Waals surface area contributed by atoms with Crippen LogP contribution in [0, 0.1) is 17.2 Å². The summed E-state index contributed by atoms with van der Waals surface area (Å²) in [5, 5.41) is 28.1. The molecule has 0 aromatic heterocycles. The van der Waals surface area contributed by atoms with Gasteiger partial charge in [-0.2, -0.15) is 0 Å². The molecule has 0 unspecified atom stereocenters. The van der Waals surface area contributed by atoms with Gasteiger partial charge in [-0.05, 0) is 73.5 Å². The second-order valence-electron chi connectivity index (χ2n) is 9.48. The van der Waals surface area contributed by atoms with Gasteiger partial charge in [0.15, 0.2) is 0 Å². The van der Waals surface area contributed by atoms with Crippen LogP contribution in [0.5, 0.6) is 0 Å². The first kappa shape index (κ1) is 20.3. The van der Waals surface area contributed by atoms with E-state index in [1.807, 2.05) is 0 Å². The molecule has 0 saturated heterocycles. The molecule has 1 aromatic carbocycles. The average Bonchev–Trinajstić information content (AvgIpc) is 2.77. The summed E-state index contributed by atoms with van der Waals surface area (Å²) in [5.74, 6) is -1.51. The predicted molar refractivity (Wildman–Crippen MR) is 102 cm³/mol. The number of benzene rings is 1. The van der Waals surface area contributed by atoms with E-state index in [2.05, 4.69) is 13.8 Å². The van der Waals surface area contributed by atoms with Crippen LogP contribution in [-0.4, -0.2) is 28.2 Å². The van der Waals surface area contributed by atoms with E-state index in [-0.39, 0.29) is 23.5 Å². The summed E-state index contributed by atoms with van der Waals surface area (Å²) in [6, 6.07) is 3.15. The van der Waals surface area contributed by atoms with Gasteiger partial charge in [-0.15, -0.1) is 0 Å². The molecule has 0 radical (unpaired) electrons. The Hall–Kier alpha value is -1.44. The van der Waals surface area contributed by atoms with Crippen molar-refractivity contribution in [3.8, 4) is 0 Å². The smallest absolute Gasteiger partial charge is 0.451 e. The number of aliphatic carboxylic acids is 1. The highest BCUT2D eigenvalue weighted by molar-refractivity contribution is 6.40. The summed E-state index contributed by atoms with van der Waals surface area (Å²) in [5.41, 5.74) is 6.43. The normalized spacial score (nSPS) is 27.7. The van der Waals surface area contributed by atoms with Crippen molar-refractivity contribution in [3.05, 3.63) is 34.6 Å². The molecule has 3 rings (SSSR count). The predicted octanol–water partition coefficient (Wildman–Crippen LogP) is 2.57. The van der Waals surface area contributed by atoms with Gasteiger partial charge in [0.1, 0.15) is 5.82 Å². The molecule has 2 aliphatic carbocycles. The number of halogens is 1. The van der Waals surface area contributed by atoms with Crippen molar-refractivity contribution < 1.29 is 24.3 Å². The van der Waals surface area contributed by atoms with E-state index >= 15 is 0 Å². The molecule has 0 bridgehead atoms. The zero-order valence-corrected chi connectivity index (χ0v) is 16.3. The van der Waals surface area contributed by atoms with Crippen LogP contribution in [0.1, 0.15) is 63.1 Å². The van der Waals surface area contributed by atoms with Crippen molar-refractivity contribution in [2.75, 3.05) is 0 Å². The number of fused-ring (bicyclic) bond motifs is 1. The van der Waals surface area contributed by atoms with E-state index in [0.717, 1.165) is 5.56 Å². The third kappa shape index (κ3) is 3.41. The molecule has 27 heavy (non-hydrogen) atoms. The molecule has 2 aliphatic rings. The topological polar surface area (TPSA) is 104 Å². The van der Waals surface area contributed by atoms with Crippen molar-refractivity contribution in [1.82, 2.24) is 0 Å². The van der Waals surface area contributed by atoms with Gasteiger partial charge >= 0.3 is 13.1 Å². The second-order valence-corrected chi connectivity index (χ2v) is 9.48. The first-order valence-corrected chi connectivity index (χ1v) is 9.61. The number of carboxylic acid groups (broad SMARTS) is 1. The van der Waals surface area contributed by atoms with Crippen LogP contribution >= 0.6 is 0 Å². The largest absolute Gasteiger partial charge is 0.481 e. The molecule has 0 heterocycles. The molecule has 0 spiro atoms. The van der Waals surface area contributed by atoms with Crippen LogP contribution in [0.25, 0.3) is 0 Å². The molecular weight excluding hydrogens is 348 g/mol. The zero-order valence-electron chi connectivity index (χ0n) is 16.3. The van der Waals surface area contributed by atoms with Crippen molar-refractivity contribution >= 4 is 13.1 Å². The monoisotopic (exact) mass is 377 g/mol. The lowest BCUT2D eigenvalue weighted by Crippen LogP contribution is -2.53. The Kier molecular flexibility index (Phi) is 4.94. The molecule has 148 valence electrons. The zero-order chi connectivity index (χ0) is 20.2. The van der Waals surface area contributed by atoms with E-state index in [0.29, 0.717) is 43.2 Å². The van der Waals surface area contributed by atoms with E-state index in [1.54, 1.807) is 13.0 Å². The van der Waals surface area contributed by atoms with Crippen LogP contribution in [0.4, 0.5) is 4.39 Å². The lowest BCUT2D eigenvalue weighted by atomic mass is 9.57. The summed E-state index contributed by atoms with van der Waals surface area (Å²) >= 11 is 0. The van der Waals surface area contributed by atoms with Gasteiger partial charge in [-0.1, -0.05) is 20.3 Å². The van der Waals surface area contributed by atoms with Crippen LogP contribution in [0.3, 0.4) is 0 Å². The quantitative estimate of drug-likeness (QED) is 0.571. The molecule has 2 atom stereocenters. The minimum Gasteiger partial charge on any atom is -0.481 e. The maximum absolute atomic E-state index is 14.9. The molecular formula is C20H29BFNO4. The second kappa shape index (κ2) is 6.57. The number of hydrogen-bond acceptors (Lipinski definition) is 4. The number of rotatable bonds is 6. The molecule has 0 aliphatic heterocycles. The fourth-order valence-electron chi connectivity index (χ4n) is 5.41. The van der Waals surface area contributed by atoms with Crippen LogP contribution in [-0.2, 0) is 22.2 Å². The Morgan fingerprint density at radius 1 is 1.26 bits per heavy atom. The lowest BCUT2D eigenvalue weighted by molar-refractivity contribution is -0.145. The maximum atomic E-state index is 14.9.